The summed E-state index contributed by atoms with van der Waals surface area (Å²) in [7, 11) is 6.80. The highest BCUT2D eigenvalue weighted by atomic mass is 16.2. The summed E-state index contributed by atoms with van der Waals surface area (Å²) in [5, 5.41) is 5.62. The van der Waals surface area contributed by atoms with Gasteiger partial charge in [-0.05, 0) is 55.5 Å². The van der Waals surface area contributed by atoms with E-state index >= 15 is 0 Å². The van der Waals surface area contributed by atoms with Gasteiger partial charge in [0.05, 0.1) is 44.5 Å². The Hall–Kier alpha value is -9.34. The van der Waals surface area contributed by atoms with Crippen LogP contribution in [0.2, 0.25) is 0 Å². The molecule has 0 unspecified atom stereocenters. The Bertz CT molecular complexity index is 4470. The van der Waals surface area contributed by atoms with E-state index < -0.39 is 33.4 Å². The van der Waals surface area contributed by atoms with E-state index in [0.29, 0.717) is 94.7 Å². The molecule has 7 N–H and O–H groups in total. The molecule has 0 radical (unpaired) electrons. The fourth-order valence-corrected chi connectivity index (χ4v) is 8.82. The number of rotatable bonds is 3. The Kier molecular flexibility index (Phi) is 7.75. The van der Waals surface area contributed by atoms with Crippen molar-refractivity contribution in [3.63, 3.8) is 0 Å². The Morgan fingerprint density at radius 1 is 0.485 bits per heavy atom. The first kappa shape index (κ1) is 38.3. The van der Waals surface area contributed by atoms with Crippen molar-refractivity contribution >= 4 is 88.6 Å². The number of aromatic amines is 6. The lowest BCUT2D eigenvalue weighted by Gasteiger charge is -2.20. The lowest BCUT2D eigenvalue weighted by atomic mass is 10.1. The normalized spacial score (nSPS) is 12.1. The van der Waals surface area contributed by atoms with Crippen LogP contribution in [0.15, 0.2) is 77.3 Å². The predicted octanol–water partition coefficient (Wildman–Crippen LogP) is 2.98. The molecule has 0 spiro atoms. The summed E-state index contributed by atoms with van der Waals surface area (Å²) < 4.78 is 2.50. The van der Waals surface area contributed by atoms with Gasteiger partial charge in [0.15, 0.2) is 23.3 Å². The molecular weight excluding hydrogens is 849 g/mol. The number of hydrogen-bond donors (Lipinski definition) is 7. The van der Waals surface area contributed by atoms with E-state index in [1.807, 2.05) is 33.2 Å². The maximum absolute atomic E-state index is 12.9. The number of nitrogens with zero attached hydrogens (tertiary/aromatic N) is 9. The SMILES string of the molecule is CCN(C)c1cc2c3nc4nc(nc5[nH]c(nc6nc(nc([nH]3)c2cc1NC)-c1cc2[nH]c(=O)c(=O)[nH]c2cc1-6)c1cc2[nH]c(=O)c(=O)n(C)c2cc51)-c1cc2[nH]c(=O)c(=O)n(C)c2cc1-4. The van der Waals surface area contributed by atoms with Crippen LogP contribution in [0.5, 0.6) is 0 Å². The van der Waals surface area contributed by atoms with Gasteiger partial charge in [0.1, 0.15) is 22.6 Å². The highest BCUT2D eigenvalue weighted by Crippen LogP contribution is 2.40. The molecule has 6 aromatic heterocycles. The number of aryl methyl sites for hydroxylation is 2. The first-order valence-electron chi connectivity index (χ1n) is 20.5. The van der Waals surface area contributed by atoms with Crippen molar-refractivity contribution in [3.05, 3.63) is 111 Å². The van der Waals surface area contributed by atoms with Crippen LogP contribution in [-0.2, 0) is 14.1 Å². The number of anilines is 2. The van der Waals surface area contributed by atoms with Crippen molar-refractivity contribution in [2.24, 2.45) is 14.1 Å². The average molecular weight is 881 g/mol. The molecule has 66 heavy (non-hydrogen) atoms. The standard InChI is InChI=1S/C44H32N16O6/c1-6-58(3)28-12-20-17(9-25(28)45-2)33-51-31-15-7-23-24(47-40(62)39(61)46-23)8-16(15)32(50-31)52-34-18-10-26-29(59(4)43(65)41(63)48-26)13-21(18)37(54-34)55-35-19-11-27-30(60(5)44(66)42(64)49-27)14-22(19)38(56-35)57-36(20)53-33/h7-14,45H,6H2,1-5H3,(H,46,61)(H,47,62)(H,48,63)(H,49,64)(H2,50,51,52,53,54,55,56,57). The summed E-state index contributed by atoms with van der Waals surface area (Å²) in [5.41, 5.74) is 2.26. The molecule has 22 heteroatoms. The van der Waals surface area contributed by atoms with Crippen LogP contribution < -0.4 is 43.6 Å². The Labute approximate surface area is 364 Å². The minimum Gasteiger partial charge on any atom is -0.386 e. The van der Waals surface area contributed by atoms with Gasteiger partial charge in [-0.1, -0.05) is 0 Å². The van der Waals surface area contributed by atoms with Crippen LogP contribution >= 0.6 is 0 Å². The third kappa shape index (κ3) is 5.40. The van der Waals surface area contributed by atoms with Gasteiger partial charge in [-0.25, -0.2) is 29.9 Å². The second-order valence-electron chi connectivity index (χ2n) is 16.1. The maximum atomic E-state index is 12.9. The lowest BCUT2D eigenvalue weighted by Crippen LogP contribution is -2.34. The van der Waals surface area contributed by atoms with Gasteiger partial charge >= 0.3 is 33.4 Å². The molecule has 2 aliphatic rings. The fourth-order valence-electron chi connectivity index (χ4n) is 8.82. The molecule has 8 bridgehead atoms. The zero-order valence-electron chi connectivity index (χ0n) is 35.3. The molecule has 0 saturated heterocycles. The monoisotopic (exact) mass is 880 g/mol. The summed E-state index contributed by atoms with van der Waals surface area (Å²) in [6, 6.07) is 14.1. The quantitative estimate of drug-likeness (QED) is 0.126. The Balaban J connectivity index is 1.30. The van der Waals surface area contributed by atoms with Gasteiger partial charge in [-0.15, -0.1) is 0 Å². The Morgan fingerprint density at radius 2 is 0.879 bits per heavy atom. The first-order valence-corrected chi connectivity index (χ1v) is 20.5. The first-order chi connectivity index (χ1) is 31.8. The highest BCUT2D eigenvalue weighted by molar-refractivity contribution is 6.11. The van der Waals surface area contributed by atoms with Crippen LogP contribution in [0.1, 0.15) is 6.92 Å². The van der Waals surface area contributed by atoms with Crippen LogP contribution in [0.4, 0.5) is 11.4 Å². The van der Waals surface area contributed by atoms with Gasteiger partial charge in [0.2, 0.25) is 0 Å². The largest absolute Gasteiger partial charge is 0.386 e. The van der Waals surface area contributed by atoms with Crippen LogP contribution in [-0.4, -0.2) is 89.6 Å². The number of benzene rings is 4. The number of nitrogens with one attached hydrogen (secondary N) is 7. The van der Waals surface area contributed by atoms with E-state index in [9.17, 15) is 28.8 Å². The van der Waals surface area contributed by atoms with Crippen LogP contribution in [0, 0.1) is 0 Å². The molecule has 0 amide bonds. The van der Waals surface area contributed by atoms with Crippen molar-refractivity contribution in [1.82, 2.24) is 68.9 Å². The second kappa shape index (κ2) is 13.3. The van der Waals surface area contributed by atoms with E-state index in [4.69, 9.17) is 29.9 Å². The predicted molar refractivity (Wildman–Crippen MR) is 250 cm³/mol. The van der Waals surface area contributed by atoms with Gasteiger partial charge in [0.25, 0.3) is 0 Å². The molecule has 2 aliphatic heterocycles. The van der Waals surface area contributed by atoms with Crippen LogP contribution in [0.25, 0.3) is 123 Å². The second-order valence-corrected chi connectivity index (χ2v) is 16.1. The number of H-pyrrole nitrogens is 6. The molecule has 0 aliphatic carbocycles. The summed E-state index contributed by atoms with van der Waals surface area (Å²) in [5.74, 6) is 0.804. The molecule has 0 fully saturated rings. The van der Waals surface area contributed by atoms with Gasteiger partial charge in [-0.3, -0.25) is 28.8 Å². The zero-order valence-corrected chi connectivity index (χ0v) is 35.3. The van der Waals surface area contributed by atoms with Crippen molar-refractivity contribution in [1.29, 1.82) is 0 Å². The molecule has 10 aromatic rings. The third-order valence-corrected chi connectivity index (χ3v) is 12.4. The van der Waals surface area contributed by atoms with E-state index in [2.05, 4.69) is 40.1 Å². The van der Waals surface area contributed by atoms with Crippen molar-refractivity contribution in [3.8, 4) is 45.6 Å². The number of fused-ring (bicyclic) bond motifs is 23. The molecule has 22 nitrogen and oxygen atoms in total. The minimum absolute atomic E-state index is 0.178. The van der Waals surface area contributed by atoms with E-state index in [0.717, 1.165) is 11.4 Å². The minimum atomic E-state index is -0.838. The zero-order chi connectivity index (χ0) is 45.6. The molecule has 8 heterocycles. The Morgan fingerprint density at radius 3 is 1.36 bits per heavy atom. The van der Waals surface area contributed by atoms with E-state index in [1.165, 1.54) is 23.2 Å². The van der Waals surface area contributed by atoms with Crippen molar-refractivity contribution in [2.75, 3.05) is 30.9 Å². The van der Waals surface area contributed by atoms with Gasteiger partial charge in [-0.2, -0.15) is 0 Å². The topological polar surface area (TPSA) is 300 Å². The molecule has 0 atom stereocenters. The number of hydrogen-bond acceptors (Lipinski definition) is 14. The lowest BCUT2D eigenvalue weighted by molar-refractivity contribution is 0.874. The summed E-state index contributed by atoms with van der Waals surface area (Å²) >= 11 is 0. The molecule has 324 valence electrons. The van der Waals surface area contributed by atoms with E-state index in [1.54, 1.807) is 36.4 Å². The van der Waals surface area contributed by atoms with Crippen LogP contribution in [0.3, 0.4) is 0 Å². The van der Waals surface area contributed by atoms with Gasteiger partial charge < -0.3 is 49.3 Å². The van der Waals surface area contributed by atoms with E-state index in [-0.39, 0.29) is 34.6 Å². The fraction of sp³-hybridized carbons (Fsp3) is 0.136. The highest BCUT2D eigenvalue weighted by Gasteiger charge is 2.26. The molecule has 4 aromatic carbocycles. The molecule has 0 saturated carbocycles. The summed E-state index contributed by atoms with van der Waals surface area (Å²) in [6.45, 7) is 2.73. The maximum Gasteiger partial charge on any atom is 0.316 e. The summed E-state index contributed by atoms with van der Waals surface area (Å²) in [6.07, 6.45) is 0. The smallest absolute Gasteiger partial charge is 0.316 e. The van der Waals surface area contributed by atoms with Crippen molar-refractivity contribution in [2.45, 2.75) is 6.92 Å². The molecule has 12 rings (SSSR count). The number of aromatic nitrogens is 14. The van der Waals surface area contributed by atoms with Crippen molar-refractivity contribution < 1.29 is 0 Å². The average Bonchev–Trinajstić information content (AvgIpc) is 4.02. The molecular formula is C44H32N16O6. The van der Waals surface area contributed by atoms with Gasteiger partial charge in [0, 0.05) is 78.5 Å². The third-order valence-electron chi connectivity index (χ3n) is 12.4. The summed E-state index contributed by atoms with van der Waals surface area (Å²) in [4.78, 5) is 126.